The van der Waals surface area contributed by atoms with Crippen molar-refractivity contribution in [3.05, 3.63) is 35.7 Å². The van der Waals surface area contributed by atoms with Gasteiger partial charge in [-0.1, -0.05) is 57.5 Å². The van der Waals surface area contributed by atoms with E-state index >= 15 is 0 Å². The highest BCUT2D eigenvalue weighted by atomic mass is 32.2. The van der Waals surface area contributed by atoms with E-state index in [0.717, 1.165) is 17.7 Å². The molecule has 1 aromatic heterocycles. The van der Waals surface area contributed by atoms with Gasteiger partial charge in [0.15, 0.2) is 0 Å². The topological polar surface area (TPSA) is 77.2 Å². The lowest BCUT2D eigenvalue weighted by atomic mass is 9.86. The molecule has 1 fully saturated rings. The van der Waals surface area contributed by atoms with Crippen molar-refractivity contribution in [1.82, 2.24) is 15.5 Å². The highest BCUT2D eigenvalue weighted by Gasteiger charge is 2.30. The zero-order valence-electron chi connectivity index (χ0n) is 17.7. The van der Waals surface area contributed by atoms with Crippen LogP contribution in [-0.4, -0.2) is 34.5 Å². The molecule has 1 heterocycles. The largest absolute Gasteiger partial charge is 0.497 e. The van der Waals surface area contributed by atoms with Gasteiger partial charge in [-0.2, -0.15) is 0 Å². The van der Waals surface area contributed by atoms with Crippen molar-refractivity contribution in [3.8, 4) is 5.75 Å². The van der Waals surface area contributed by atoms with E-state index in [1.807, 2.05) is 24.3 Å². The van der Waals surface area contributed by atoms with Crippen LogP contribution < -0.4 is 10.1 Å². The zero-order valence-corrected chi connectivity index (χ0v) is 18.5. The van der Waals surface area contributed by atoms with E-state index in [1.165, 1.54) is 31.0 Å². The normalized spacial score (nSPS) is 20.4. The van der Waals surface area contributed by atoms with Gasteiger partial charge in [0.05, 0.1) is 18.8 Å². The van der Waals surface area contributed by atoms with E-state index in [2.05, 4.69) is 36.3 Å². The van der Waals surface area contributed by atoms with Crippen LogP contribution in [0.15, 0.2) is 33.9 Å². The summed E-state index contributed by atoms with van der Waals surface area (Å²) in [5, 5.41) is 11.8. The Labute approximate surface area is 177 Å². The molecule has 1 N–H and O–H groups in total. The summed E-state index contributed by atoms with van der Waals surface area (Å²) in [5.41, 5.74) is 1.07. The van der Waals surface area contributed by atoms with Crippen molar-refractivity contribution in [2.24, 2.45) is 11.8 Å². The Balaban J connectivity index is 1.60. The molecule has 0 bridgehead atoms. The van der Waals surface area contributed by atoms with Crippen LogP contribution in [0.5, 0.6) is 5.75 Å². The number of nitrogens with zero attached hydrogens (tertiary/aromatic N) is 2. The van der Waals surface area contributed by atoms with Crippen LogP contribution in [0.25, 0.3) is 0 Å². The van der Waals surface area contributed by atoms with Gasteiger partial charge in [0.1, 0.15) is 5.75 Å². The van der Waals surface area contributed by atoms with Crippen molar-refractivity contribution in [3.63, 3.8) is 0 Å². The fraction of sp³-hybridized carbons (Fsp3) is 0.591. The average molecular weight is 418 g/mol. The third-order valence-corrected chi connectivity index (χ3v) is 6.87. The zero-order chi connectivity index (χ0) is 20.8. The summed E-state index contributed by atoms with van der Waals surface area (Å²) in [5.74, 6) is 2.12. The fourth-order valence-corrected chi connectivity index (χ4v) is 4.57. The number of hydrogen-bond donors (Lipinski definition) is 1. The van der Waals surface area contributed by atoms with Gasteiger partial charge < -0.3 is 14.5 Å². The second kappa shape index (κ2) is 10.1. The third-order valence-electron chi connectivity index (χ3n) is 5.49. The molecule has 0 aliphatic heterocycles. The van der Waals surface area contributed by atoms with Crippen molar-refractivity contribution < 1.29 is 13.9 Å². The van der Waals surface area contributed by atoms with Gasteiger partial charge in [0.2, 0.25) is 11.8 Å². The molecule has 1 saturated carbocycles. The lowest BCUT2D eigenvalue weighted by Gasteiger charge is -2.31. The standard InChI is InChI=1S/C22H31N3O3S/c1-14(2)20(21(26)23-18-8-6-5-7-15(18)3)29-22-25-24-19(28-22)13-16-9-11-17(27-4)12-10-16/h9-12,14-15,18,20H,5-8,13H2,1-4H3,(H,23,26). The minimum Gasteiger partial charge on any atom is -0.497 e. The lowest BCUT2D eigenvalue weighted by Crippen LogP contribution is -2.46. The minimum absolute atomic E-state index is 0.0682. The molecule has 0 spiro atoms. The van der Waals surface area contributed by atoms with Crippen molar-refractivity contribution in [1.29, 1.82) is 0 Å². The maximum atomic E-state index is 12.9. The second-order valence-corrected chi connectivity index (χ2v) is 9.24. The molecule has 3 atom stereocenters. The number of thioether (sulfide) groups is 1. The molecule has 3 rings (SSSR count). The number of carbonyl (C=O) groups is 1. The van der Waals surface area contributed by atoms with Crippen LogP contribution in [0.2, 0.25) is 0 Å². The monoisotopic (exact) mass is 417 g/mol. The quantitative estimate of drug-likeness (QED) is 0.638. The Morgan fingerprint density at radius 3 is 2.62 bits per heavy atom. The number of benzene rings is 1. The van der Waals surface area contributed by atoms with Gasteiger partial charge in [-0.3, -0.25) is 4.79 Å². The second-order valence-electron chi connectivity index (χ2n) is 8.15. The molecule has 158 valence electrons. The minimum atomic E-state index is -0.251. The van der Waals surface area contributed by atoms with Crippen LogP contribution >= 0.6 is 11.8 Å². The van der Waals surface area contributed by atoms with Crippen LogP contribution in [0.1, 0.15) is 57.9 Å². The Morgan fingerprint density at radius 2 is 1.97 bits per heavy atom. The van der Waals surface area contributed by atoms with Crippen molar-refractivity contribution >= 4 is 17.7 Å². The number of methoxy groups -OCH3 is 1. The van der Waals surface area contributed by atoms with Crippen molar-refractivity contribution in [2.75, 3.05) is 7.11 Å². The highest BCUT2D eigenvalue weighted by molar-refractivity contribution is 8.00. The van der Waals surface area contributed by atoms with Gasteiger partial charge >= 0.3 is 0 Å². The summed E-state index contributed by atoms with van der Waals surface area (Å²) >= 11 is 1.36. The fourth-order valence-electron chi connectivity index (χ4n) is 3.67. The summed E-state index contributed by atoms with van der Waals surface area (Å²) in [6.07, 6.45) is 5.25. The molecule has 3 unspecified atom stereocenters. The highest BCUT2D eigenvalue weighted by Crippen LogP contribution is 2.30. The number of ether oxygens (including phenoxy) is 1. The smallest absolute Gasteiger partial charge is 0.277 e. The van der Waals surface area contributed by atoms with Gasteiger partial charge in [0, 0.05) is 6.04 Å². The van der Waals surface area contributed by atoms with E-state index in [0.29, 0.717) is 23.5 Å². The van der Waals surface area contributed by atoms with Gasteiger partial charge in [-0.25, -0.2) is 0 Å². The number of hydrogen-bond acceptors (Lipinski definition) is 6. The Bertz CT molecular complexity index is 791. The molecule has 1 aromatic carbocycles. The Morgan fingerprint density at radius 1 is 1.24 bits per heavy atom. The SMILES string of the molecule is COc1ccc(Cc2nnc(SC(C(=O)NC3CCCCC3C)C(C)C)o2)cc1. The van der Waals surface area contributed by atoms with Gasteiger partial charge in [-0.15, -0.1) is 10.2 Å². The predicted molar refractivity (Wildman–Crippen MR) is 114 cm³/mol. The molecular weight excluding hydrogens is 386 g/mol. The van der Waals surface area contributed by atoms with E-state index < -0.39 is 0 Å². The molecule has 1 aliphatic rings. The average Bonchev–Trinajstić information content (AvgIpc) is 3.15. The van der Waals surface area contributed by atoms with Crippen molar-refractivity contribution in [2.45, 2.75) is 69.4 Å². The molecule has 6 nitrogen and oxygen atoms in total. The van der Waals surface area contributed by atoms with Crippen LogP contribution in [-0.2, 0) is 11.2 Å². The Kier molecular flexibility index (Phi) is 7.58. The summed E-state index contributed by atoms with van der Waals surface area (Å²) < 4.78 is 11.0. The summed E-state index contributed by atoms with van der Waals surface area (Å²) in [6, 6.07) is 8.04. The van der Waals surface area contributed by atoms with Gasteiger partial charge in [-0.05, 0) is 42.4 Å². The number of carbonyl (C=O) groups excluding carboxylic acids is 1. The molecule has 2 aromatic rings. The molecule has 7 heteroatoms. The number of aromatic nitrogens is 2. The van der Waals surface area contributed by atoms with E-state index in [9.17, 15) is 4.79 Å². The molecular formula is C22H31N3O3S. The number of rotatable bonds is 8. The maximum absolute atomic E-state index is 12.9. The van der Waals surface area contributed by atoms with Gasteiger partial charge in [0.25, 0.3) is 5.22 Å². The molecule has 0 saturated heterocycles. The van der Waals surface area contributed by atoms with Crippen LogP contribution in [0, 0.1) is 11.8 Å². The first kappa shape index (κ1) is 21.7. The van der Waals surface area contributed by atoms with Crippen LogP contribution in [0.3, 0.4) is 0 Å². The molecule has 29 heavy (non-hydrogen) atoms. The van der Waals surface area contributed by atoms with E-state index in [-0.39, 0.29) is 23.1 Å². The summed E-state index contributed by atoms with van der Waals surface area (Å²) in [6.45, 7) is 6.33. The first-order valence-electron chi connectivity index (χ1n) is 10.4. The van der Waals surface area contributed by atoms with E-state index in [4.69, 9.17) is 9.15 Å². The number of nitrogens with one attached hydrogen (secondary N) is 1. The Hall–Kier alpha value is -2.02. The first-order valence-corrected chi connectivity index (χ1v) is 11.3. The van der Waals surface area contributed by atoms with E-state index in [1.54, 1.807) is 7.11 Å². The molecule has 1 aliphatic carbocycles. The predicted octanol–water partition coefficient (Wildman–Crippen LogP) is 4.48. The summed E-state index contributed by atoms with van der Waals surface area (Å²) in [4.78, 5) is 12.9. The lowest BCUT2D eigenvalue weighted by molar-refractivity contribution is -0.122. The molecule has 0 radical (unpaired) electrons. The maximum Gasteiger partial charge on any atom is 0.277 e. The molecule has 1 amide bonds. The number of amides is 1. The third kappa shape index (κ3) is 5.98. The first-order chi connectivity index (χ1) is 14.0. The summed E-state index contributed by atoms with van der Waals surface area (Å²) in [7, 11) is 1.65. The van der Waals surface area contributed by atoms with Crippen LogP contribution in [0.4, 0.5) is 0 Å².